The van der Waals surface area contributed by atoms with Gasteiger partial charge in [0.05, 0.1) is 13.2 Å². The van der Waals surface area contributed by atoms with E-state index in [1.165, 1.54) is 18.6 Å². The zero-order chi connectivity index (χ0) is 27.4. The van der Waals surface area contributed by atoms with Crippen molar-refractivity contribution >= 4 is 28.5 Å². The molecule has 3 aromatic rings. The monoisotopic (exact) mass is 550 g/mol. The third-order valence-electron chi connectivity index (χ3n) is 6.94. The van der Waals surface area contributed by atoms with Crippen molar-refractivity contribution in [1.82, 2.24) is 30.0 Å². The number of nitrogens with one attached hydrogen (secondary N) is 2. The van der Waals surface area contributed by atoms with Crippen molar-refractivity contribution in [2.45, 2.75) is 51.5 Å². The molecule has 212 valence electrons. The number of rotatable bonds is 9. The molecule has 4 heterocycles. The molecule has 0 radical (unpaired) electrons. The average Bonchev–Trinajstić information content (AvgIpc) is 3.25. The molecule has 1 aromatic carbocycles. The van der Waals surface area contributed by atoms with E-state index in [1.807, 2.05) is 0 Å². The van der Waals surface area contributed by atoms with Gasteiger partial charge in [-0.1, -0.05) is 6.42 Å². The number of anilines is 3. The topological polar surface area (TPSA) is 83.4 Å². The second kappa shape index (κ2) is 12.0. The Morgan fingerprint density at radius 3 is 2.56 bits per heavy atom. The Bertz CT molecular complexity index is 1240. The van der Waals surface area contributed by atoms with Gasteiger partial charge in [-0.25, -0.2) is 9.37 Å². The largest absolute Gasteiger partial charge is 0.411 e. The molecule has 39 heavy (non-hydrogen) atoms. The number of likely N-dealkylation sites (tertiary alicyclic amines) is 1. The number of aromatic nitrogens is 4. The number of benzene rings is 1. The summed E-state index contributed by atoms with van der Waals surface area (Å²) in [6.45, 7) is 5.43. The predicted octanol–water partition coefficient (Wildman–Crippen LogP) is 4.07. The van der Waals surface area contributed by atoms with Crippen LogP contribution in [0.4, 0.5) is 35.0 Å². The van der Waals surface area contributed by atoms with E-state index in [2.05, 4.69) is 27.4 Å². The summed E-state index contributed by atoms with van der Waals surface area (Å²) in [6, 6.07) is 6.18. The van der Waals surface area contributed by atoms with Gasteiger partial charge in [0.15, 0.2) is 5.82 Å². The number of piperidine rings is 1. The lowest BCUT2D eigenvalue weighted by Gasteiger charge is -2.32. The minimum Gasteiger partial charge on any atom is -0.370 e. The van der Waals surface area contributed by atoms with Gasteiger partial charge in [0.1, 0.15) is 29.2 Å². The van der Waals surface area contributed by atoms with Crippen LogP contribution in [-0.2, 0) is 17.8 Å². The number of fused-ring (bicyclic) bond motifs is 1. The number of hydrogen-bond donors (Lipinski definition) is 2. The minimum absolute atomic E-state index is 0.0953. The minimum atomic E-state index is -4.40. The van der Waals surface area contributed by atoms with Crippen LogP contribution in [0.25, 0.3) is 11.0 Å². The van der Waals surface area contributed by atoms with Gasteiger partial charge in [-0.15, -0.1) is 0 Å². The van der Waals surface area contributed by atoms with Crippen LogP contribution < -0.4 is 15.5 Å². The zero-order valence-electron chi connectivity index (χ0n) is 22.0. The second-order valence-corrected chi connectivity index (χ2v) is 10.2. The fraction of sp³-hybridized carbons (Fsp3) is 0.577. The smallest absolute Gasteiger partial charge is 0.370 e. The number of piperazine rings is 1. The van der Waals surface area contributed by atoms with Crippen molar-refractivity contribution in [3.8, 4) is 0 Å². The highest BCUT2D eigenvalue weighted by Crippen LogP contribution is 2.30. The van der Waals surface area contributed by atoms with Gasteiger partial charge in [-0.3, -0.25) is 9.58 Å². The van der Waals surface area contributed by atoms with E-state index in [9.17, 15) is 17.6 Å². The molecular weight excluding hydrogens is 516 g/mol. The Labute approximate surface area is 224 Å². The van der Waals surface area contributed by atoms with Crippen LogP contribution in [0.3, 0.4) is 0 Å². The third-order valence-corrected chi connectivity index (χ3v) is 6.94. The zero-order valence-corrected chi connectivity index (χ0v) is 22.0. The lowest BCUT2D eigenvalue weighted by molar-refractivity contribution is -0.174. The van der Waals surface area contributed by atoms with Crippen molar-refractivity contribution in [1.29, 1.82) is 0 Å². The average molecular weight is 551 g/mol. The van der Waals surface area contributed by atoms with E-state index in [4.69, 9.17) is 19.8 Å². The molecule has 2 aliphatic heterocycles. The molecule has 2 aliphatic rings. The number of halogens is 4. The van der Waals surface area contributed by atoms with Crippen molar-refractivity contribution in [3.05, 3.63) is 35.8 Å². The maximum absolute atomic E-state index is 13.6. The molecule has 13 heteroatoms. The summed E-state index contributed by atoms with van der Waals surface area (Å²) < 4.78 is 58.1. The van der Waals surface area contributed by atoms with Crippen molar-refractivity contribution in [2.75, 3.05) is 56.2 Å². The van der Waals surface area contributed by atoms with Crippen molar-refractivity contribution in [3.63, 3.8) is 0 Å². The molecule has 2 N–H and O–H groups in total. The maximum Gasteiger partial charge on any atom is 0.411 e. The van der Waals surface area contributed by atoms with E-state index in [-0.39, 0.29) is 25.0 Å². The fourth-order valence-electron chi connectivity index (χ4n) is 5.08. The molecule has 9 nitrogen and oxygen atoms in total. The molecule has 0 spiro atoms. The van der Waals surface area contributed by atoms with E-state index in [0.29, 0.717) is 35.0 Å². The first-order valence-corrected chi connectivity index (χ1v) is 13.4. The predicted molar refractivity (Wildman–Crippen MR) is 141 cm³/mol. The molecule has 5 rings (SSSR count). The lowest BCUT2D eigenvalue weighted by Crippen LogP contribution is -2.49. The van der Waals surface area contributed by atoms with Gasteiger partial charge in [-0.2, -0.15) is 23.3 Å². The second-order valence-electron chi connectivity index (χ2n) is 10.2. The maximum atomic E-state index is 13.6. The molecule has 1 atom stereocenters. The van der Waals surface area contributed by atoms with Crippen LogP contribution >= 0.6 is 0 Å². The molecule has 2 aromatic heterocycles. The SMILES string of the molecule is C[C@@H]1CN(c2nc(Nc3ccc(F)cc3)c3c(n2)c(CN2CCCCC2)nn3CCOCC(F)(F)F)CCN1. The highest BCUT2D eigenvalue weighted by Gasteiger charge is 2.28. The lowest BCUT2D eigenvalue weighted by atomic mass is 10.1. The van der Waals surface area contributed by atoms with Gasteiger partial charge >= 0.3 is 6.18 Å². The van der Waals surface area contributed by atoms with E-state index in [0.717, 1.165) is 51.3 Å². The van der Waals surface area contributed by atoms with Crippen LogP contribution in [0, 0.1) is 5.82 Å². The van der Waals surface area contributed by atoms with Crippen LogP contribution in [0.15, 0.2) is 24.3 Å². The molecule has 2 saturated heterocycles. The first-order valence-electron chi connectivity index (χ1n) is 13.4. The summed E-state index contributed by atoms with van der Waals surface area (Å²) >= 11 is 0. The van der Waals surface area contributed by atoms with Gasteiger partial charge in [0.25, 0.3) is 0 Å². The van der Waals surface area contributed by atoms with Gasteiger partial charge < -0.3 is 20.3 Å². The molecule has 0 aliphatic carbocycles. The Balaban J connectivity index is 1.55. The highest BCUT2D eigenvalue weighted by molar-refractivity contribution is 5.90. The standard InChI is InChI=1S/C26H34F4N8O/c1-18-15-37(12-9-31-18)25-33-22-21(16-36-10-3-2-4-11-36)35-38(13-14-39-17-26(28,29)30)23(22)24(34-25)32-20-7-5-19(27)6-8-20/h5-8,18,31H,2-4,9-17H2,1H3,(H,32,33,34)/t18-/m1/s1. The molecule has 2 fully saturated rings. The Morgan fingerprint density at radius 2 is 1.85 bits per heavy atom. The molecule has 0 amide bonds. The third kappa shape index (κ3) is 7.14. The summed E-state index contributed by atoms with van der Waals surface area (Å²) in [4.78, 5) is 14.3. The van der Waals surface area contributed by atoms with E-state index in [1.54, 1.807) is 16.8 Å². The Kier molecular flexibility index (Phi) is 8.48. The number of nitrogens with zero attached hydrogens (tertiary/aromatic N) is 6. The van der Waals surface area contributed by atoms with Crippen LogP contribution in [0.5, 0.6) is 0 Å². The van der Waals surface area contributed by atoms with E-state index >= 15 is 0 Å². The number of alkyl halides is 3. The highest BCUT2D eigenvalue weighted by atomic mass is 19.4. The quantitative estimate of drug-likeness (QED) is 0.305. The molecule has 0 unspecified atom stereocenters. The first kappa shape index (κ1) is 27.5. The molecule has 0 saturated carbocycles. The van der Waals surface area contributed by atoms with Crippen LogP contribution in [0.2, 0.25) is 0 Å². The summed E-state index contributed by atoms with van der Waals surface area (Å²) in [7, 11) is 0. The summed E-state index contributed by atoms with van der Waals surface area (Å²) in [6.07, 6.45) is -0.985. The normalized spacial score (nSPS) is 19.1. The van der Waals surface area contributed by atoms with Crippen molar-refractivity contribution < 1.29 is 22.3 Å². The summed E-state index contributed by atoms with van der Waals surface area (Å²) in [5.41, 5.74) is 2.59. The van der Waals surface area contributed by atoms with Gasteiger partial charge in [0.2, 0.25) is 5.95 Å². The summed E-state index contributed by atoms with van der Waals surface area (Å²) in [5.74, 6) is 0.647. The van der Waals surface area contributed by atoms with Crippen LogP contribution in [-0.4, -0.2) is 82.8 Å². The van der Waals surface area contributed by atoms with E-state index < -0.39 is 12.8 Å². The number of ether oxygens (including phenoxy) is 1. The van der Waals surface area contributed by atoms with Crippen LogP contribution in [0.1, 0.15) is 31.9 Å². The Hall–Kier alpha value is -3.03. The summed E-state index contributed by atoms with van der Waals surface area (Å²) in [5, 5.41) is 11.5. The van der Waals surface area contributed by atoms with Gasteiger partial charge in [0, 0.05) is 37.9 Å². The molecule has 0 bridgehead atoms. The molecular formula is C26H34F4N8O. The van der Waals surface area contributed by atoms with Crippen molar-refractivity contribution in [2.24, 2.45) is 0 Å². The first-order chi connectivity index (χ1) is 18.7. The number of hydrogen-bond acceptors (Lipinski definition) is 8. The Morgan fingerprint density at radius 1 is 1.08 bits per heavy atom. The fourth-order valence-corrected chi connectivity index (χ4v) is 5.08. The van der Waals surface area contributed by atoms with Gasteiger partial charge in [-0.05, 0) is 57.1 Å².